The van der Waals surface area contributed by atoms with Crippen LogP contribution in [-0.4, -0.2) is 14.8 Å². The van der Waals surface area contributed by atoms with Crippen molar-refractivity contribution in [3.63, 3.8) is 0 Å². The van der Waals surface area contributed by atoms with Crippen molar-refractivity contribution in [1.82, 2.24) is 4.57 Å². The number of rotatable bonds is 3. The minimum atomic E-state index is -0.147. The number of amides is 1. The van der Waals surface area contributed by atoms with Gasteiger partial charge in [-0.15, -0.1) is 0 Å². The number of carbonyl (C=O) groups is 1. The van der Waals surface area contributed by atoms with Crippen LogP contribution in [0.4, 0.5) is 5.69 Å². The van der Waals surface area contributed by atoms with Crippen LogP contribution in [0.5, 0.6) is 0 Å². The second-order valence-electron chi connectivity index (χ2n) is 6.75. The molecule has 0 radical (unpaired) electrons. The monoisotopic (exact) mass is 492 g/mol. The summed E-state index contributed by atoms with van der Waals surface area (Å²) < 4.78 is 2.57. The molecule has 1 aromatic heterocycles. The third-order valence-electron chi connectivity index (χ3n) is 4.80. The predicted octanol–water partition coefficient (Wildman–Crippen LogP) is 7.46. The van der Waals surface area contributed by atoms with Crippen LogP contribution >= 0.6 is 58.8 Å². The average Bonchev–Trinajstić information content (AvgIpc) is 3.13. The fourth-order valence-electron chi connectivity index (χ4n) is 3.38. The van der Waals surface area contributed by atoms with E-state index in [0.717, 1.165) is 22.6 Å². The molecule has 0 bridgehead atoms. The number of nitrogens with zero attached hydrogens (tertiary/aromatic N) is 2. The van der Waals surface area contributed by atoms with E-state index in [-0.39, 0.29) is 5.91 Å². The molecule has 0 unspecified atom stereocenters. The van der Waals surface area contributed by atoms with Gasteiger partial charge in [-0.25, -0.2) is 0 Å². The summed E-state index contributed by atoms with van der Waals surface area (Å²) >= 11 is 25.0. The third kappa shape index (κ3) is 3.93. The van der Waals surface area contributed by atoms with Crippen molar-refractivity contribution in [1.29, 1.82) is 0 Å². The molecular formula is C22H15Cl3N2OS2. The van der Waals surface area contributed by atoms with Gasteiger partial charge in [-0.05, 0) is 74.0 Å². The molecule has 0 saturated carbocycles. The lowest BCUT2D eigenvalue weighted by atomic mass is 10.2. The molecule has 0 atom stereocenters. The van der Waals surface area contributed by atoms with E-state index >= 15 is 0 Å². The molecule has 0 N–H and O–H groups in total. The van der Waals surface area contributed by atoms with E-state index in [1.807, 2.05) is 38.1 Å². The topological polar surface area (TPSA) is 25.2 Å². The smallest absolute Gasteiger partial charge is 0.270 e. The molecule has 3 nitrogen and oxygen atoms in total. The molecule has 3 aromatic rings. The third-order valence-corrected chi connectivity index (χ3v) is 7.09. The molecular weight excluding hydrogens is 479 g/mol. The SMILES string of the molecule is Cc1cc(/C=C2/SC(=S)N(c3ccc(Cl)cc3)C2=O)c(C)n1-c1ccc(Cl)c(Cl)c1. The Balaban J connectivity index is 1.70. The molecule has 1 amide bonds. The molecule has 1 fully saturated rings. The number of carbonyl (C=O) groups excluding carboxylic acids is 1. The van der Waals surface area contributed by atoms with Crippen molar-refractivity contribution in [2.24, 2.45) is 0 Å². The Bertz CT molecular complexity index is 1220. The van der Waals surface area contributed by atoms with E-state index in [4.69, 9.17) is 47.0 Å². The van der Waals surface area contributed by atoms with Crippen LogP contribution in [0.15, 0.2) is 53.4 Å². The van der Waals surface area contributed by atoms with Gasteiger partial charge in [0.2, 0.25) is 0 Å². The Morgan fingerprint density at radius 1 is 0.933 bits per heavy atom. The molecule has 1 saturated heterocycles. The van der Waals surface area contributed by atoms with Crippen LogP contribution in [0.1, 0.15) is 17.0 Å². The summed E-state index contributed by atoms with van der Waals surface area (Å²) in [4.78, 5) is 15.1. The van der Waals surface area contributed by atoms with Crippen LogP contribution < -0.4 is 4.90 Å². The molecule has 0 spiro atoms. The molecule has 1 aliphatic heterocycles. The fourth-order valence-corrected chi connectivity index (χ4v) is 5.09. The van der Waals surface area contributed by atoms with Crippen molar-refractivity contribution in [3.8, 4) is 5.69 Å². The number of thiocarbonyl (C=S) groups is 1. The van der Waals surface area contributed by atoms with Gasteiger partial charge in [-0.2, -0.15) is 0 Å². The average molecular weight is 494 g/mol. The minimum Gasteiger partial charge on any atom is -0.318 e. The van der Waals surface area contributed by atoms with Crippen LogP contribution in [0, 0.1) is 13.8 Å². The largest absolute Gasteiger partial charge is 0.318 e. The first-order valence-electron chi connectivity index (χ1n) is 8.94. The summed E-state index contributed by atoms with van der Waals surface area (Å²) in [6, 6.07) is 14.6. The van der Waals surface area contributed by atoms with Crippen LogP contribution in [0.2, 0.25) is 15.1 Å². The van der Waals surface area contributed by atoms with Crippen molar-refractivity contribution < 1.29 is 4.79 Å². The summed E-state index contributed by atoms with van der Waals surface area (Å²) in [5, 5.41) is 1.61. The molecule has 0 aliphatic carbocycles. The Morgan fingerprint density at radius 2 is 1.60 bits per heavy atom. The van der Waals surface area contributed by atoms with Gasteiger partial charge in [0, 0.05) is 22.1 Å². The Hall–Kier alpha value is -1.76. The fraction of sp³-hybridized carbons (Fsp3) is 0.0909. The first-order chi connectivity index (χ1) is 14.3. The van der Waals surface area contributed by atoms with Crippen LogP contribution in [0.25, 0.3) is 11.8 Å². The molecule has 2 aromatic carbocycles. The Morgan fingerprint density at radius 3 is 2.27 bits per heavy atom. The molecule has 30 heavy (non-hydrogen) atoms. The molecule has 152 valence electrons. The highest BCUT2D eigenvalue weighted by atomic mass is 35.5. The molecule has 1 aliphatic rings. The standard InChI is InChI=1S/C22H15Cl3N2OS2/c1-12-9-14(13(2)26(12)17-7-8-18(24)19(25)11-17)10-20-21(28)27(22(29)30-20)16-5-3-15(23)4-6-16/h3-11H,1-2H3/b20-10+. The van der Waals surface area contributed by atoms with Gasteiger partial charge >= 0.3 is 0 Å². The van der Waals surface area contributed by atoms with Crippen LogP contribution in [-0.2, 0) is 4.79 Å². The van der Waals surface area contributed by atoms with Gasteiger partial charge in [-0.3, -0.25) is 9.69 Å². The van der Waals surface area contributed by atoms with Crippen molar-refractivity contribution in [2.75, 3.05) is 4.90 Å². The highest BCUT2D eigenvalue weighted by Crippen LogP contribution is 2.37. The maximum Gasteiger partial charge on any atom is 0.270 e. The zero-order valence-corrected chi connectivity index (χ0v) is 19.8. The lowest BCUT2D eigenvalue weighted by Gasteiger charge is -2.14. The predicted molar refractivity (Wildman–Crippen MR) is 132 cm³/mol. The van der Waals surface area contributed by atoms with E-state index in [1.54, 1.807) is 30.3 Å². The summed E-state index contributed by atoms with van der Waals surface area (Å²) in [6.07, 6.45) is 1.88. The lowest BCUT2D eigenvalue weighted by Crippen LogP contribution is -2.27. The molecule has 8 heteroatoms. The number of hydrogen-bond donors (Lipinski definition) is 0. The lowest BCUT2D eigenvalue weighted by molar-refractivity contribution is -0.113. The van der Waals surface area contributed by atoms with E-state index in [0.29, 0.717) is 30.0 Å². The number of aromatic nitrogens is 1. The second kappa shape index (κ2) is 8.40. The highest BCUT2D eigenvalue weighted by Gasteiger charge is 2.33. The Labute approximate surface area is 199 Å². The highest BCUT2D eigenvalue weighted by molar-refractivity contribution is 8.27. The van der Waals surface area contributed by atoms with E-state index in [9.17, 15) is 4.79 Å². The van der Waals surface area contributed by atoms with Gasteiger partial charge in [0.15, 0.2) is 4.32 Å². The zero-order valence-electron chi connectivity index (χ0n) is 15.9. The number of hydrogen-bond acceptors (Lipinski definition) is 3. The Kier molecular flexibility index (Phi) is 6.02. The van der Waals surface area contributed by atoms with Crippen molar-refractivity contribution in [3.05, 3.63) is 85.5 Å². The maximum absolute atomic E-state index is 13.0. The second-order valence-corrected chi connectivity index (χ2v) is 9.68. The van der Waals surface area contributed by atoms with Crippen LogP contribution in [0.3, 0.4) is 0 Å². The number of aryl methyl sites for hydroxylation is 1. The van der Waals surface area contributed by atoms with Crippen molar-refractivity contribution in [2.45, 2.75) is 13.8 Å². The van der Waals surface area contributed by atoms with Gasteiger partial charge in [0.05, 0.1) is 20.6 Å². The number of thioether (sulfide) groups is 1. The normalized spacial score (nSPS) is 15.5. The first kappa shape index (κ1) is 21.5. The molecule has 4 rings (SSSR count). The van der Waals surface area contributed by atoms with E-state index < -0.39 is 0 Å². The summed E-state index contributed by atoms with van der Waals surface area (Å²) in [6.45, 7) is 4.01. The quantitative estimate of drug-likeness (QED) is 0.280. The van der Waals surface area contributed by atoms with E-state index in [1.165, 1.54) is 16.7 Å². The summed E-state index contributed by atoms with van der Waals surface area (Å²) in [5.74, 6) is -0.147. The first-order valence-corrected chi connectivity index (χ1v) is 11.3. The van der Waals surface area contributed by atoms with Gasteiger partial charge < -0.3 is 4.57 Å². The number of halogens is 3. The van der Waals surface area contributed by atoms with Crippen molar-refractivity contribution >= 4 is 80.8 Å². The number of anilines is 1. The van der Waals surface area contributed by atoms with Gasteiger partial charge in [0.1, 0.15) is 0 Å². The van der Waals surface area contributed by atoms with Gasteiger partial charge in [-0.1, -0.05) is 58.8 Å². The molecule has 2 heterocycles. The van der Waals surface area contributed by atoms with E-state index in [2.05, 4.69) is 4.57 Å². The van der Waals surface area contributed by atoms with Gasteiger partial charge in [0.25, 0.3) is 5.91 Å². The zero-order chi connectivity index (χ0) is 21.6. The minimum absolute atomic E-state index is 0.147. The maximum atomic E-state index is 13.0. The summed E-state index contributed by atoms with van der Waals surface area (Å²) in [5.41, 5.74) is 4.56. The number of benzene rings is 2. The summed E-state index contributed by atoms with van der Waals surface area (Å²) in [7, 11) is 0.